The lowest BCUT2D eigenvalue weighted by Crippen LogP contribution is -2.25. The normalized spacial score (nSPS) is 10.7. The Bertz CT molecular complexity index is 764. The van der Waals surface area contributed by atoms with Crippen molar-refractivity contribution in [3.05, 3.63) is 64.1 Å². The Morgan fingerprint density at radius 1 is 1.30 bits per heavy atom. The molecule has 0 aromatic heterocycles. The highest BCUT2D eigenvalue weighted by molar-refractivity contribution is 9.10. The van der Waals surface area contributed by atoms with E-state index in [1.165, 1.54) is 0 Å². The molecule has 0 radical (unpaired) electrons. The highest BCUT2D eigenvalue weighted by Gasteiger charge is 2.03. The summed E-state index contributed by atoms with van der Waals surface area (Å²) in [7, 11) is 0. The molecular weight excluding hydrogens is 358 g/mol. The van der Waals surface area contributed by atoms with Gasteiger partial charge < -0.3 is 4.74 Å². The van der Waals surface area contributed by atoms with E-state index in [1.54, 1.807) is 24.3 Å². The first-order chi connectivity index (χ1) is 11.1. The van der Waals surface area contributed by atoms with Gasteiger partial charge in [-0.3, -0.25) is 4.79 Å². The van der Waals surface area contributed by atoms with Crippen molar-refractivity contribution in [2.75, 3.05) is 6.61 Å². The van der Waals surface area contributed by atoms with Crippen molar-refractivity contribution in [2.24, 2.45) is 5.10 Å². The van der Waals surface area contributed by atoms with Crippen LogP contribution < -0.4 is 10.2 Å². The fraction of sp³-hybridized carbons (Fsp3) is 0.118. The molecule has 0 atom stereocenters. The number of nitriles is 1. The first-order valence-electron chi connectivity index (χ1n) is 6.80. The van der Waals surface area contributed by atoms with E-state index in [9.17, 15) is 4.79 Å². The third-order valence-electron chi connectivity index (χ3n) is 2.94. The number of hydrogen-bond acceptors (Lipinski definition) is 4. The number of rotatable bonds is 5. The molecule has 0 saturated carbocycles. The van der Waals surface area contributed by atoms with Gasteiger partial charge in [0.2, 0.25) is 0 Å². The van der Waals surface area contributed by atoms with Gasteiger partial charge in [-0.25, -0.2) is 5.43 Å². The molecule has 0 saturated heterocycles. The maximum atomic E-state index is 11.7. The smallest absolute Gasteiger partial charge is 0.277 e. The third-order valence-corrected chi connectivity index (χ3v) is 3.44. The van der Waals surface area contributed by atoms with E-state index in [1.807, 2.05) is 37.3 Å². The van der Waals surface area contributed by atoms with Crippen molar-refractivity contribution in [2.45, 2.75) is 6.92 Å². The van der Waals surface area contributed by atoms with E-state index in [0.29, 0.717) is 17.0 Å². The predicted molar refractivity (Wildman–Crippen MR) is 91.1 cm³/mol. The third kappa shape index (κ3) is 5.24. The predicted octanol–water partition coefficient (Wildman–Crippen LogP) is 3.24. The topological polar surface area (TPSA) is 74.5 Å². The summed E-state index contributed by atoms with van der Waals surface area (Å²) >= 11 is 3.39. The molecule has 2 aromatic carbocycles. The van der Waals surface area contributed by atoms with E-state index in [2.05, 4.69) is 26.5 Å². The summed E-state index contributed by atoms with van der Waals surface area (Å²) in [4.78, 5) is 11.7. The summed E-state index contributed by atoms with van der Waals surface area (Å²) in [5.41, 5.74) is 4.59. The summed E-state index contributed by atoms with van der Waals surface area (Å²) in [5.74, 6) is 0.163. The number of carbonyl (C=O) groups is 1. The van der Waals surface area contributed by atoms with Crippen molar-refractivity contribution in [1.82, 2.24) is 5.43 Å². The first-order valence-corrected chi connectivity index (χ1v) is 7.60. The zero-order valence-electron chi connectivity index (χ0n) is 12.4. The summed E-state index contributed by atoms with van der Waals surface area (Å²) in [6.45, 7) is 1.66. The summed E-state index contributed by atoms with van der Waals surface area (Å²) in [6, 6.07) is 16.2. The van der Waals surface area contributed by atoms with E-state index < -0.39 is 0 Å². The Morgan fingerprint density at radius 2 is 2.04 bits per heavy atom. The van der Waals surface area contributed by atoms with Crippen LogP contribution in [0.1, 0.15) is 18.1 Å². The second-order valence-electron chi connectivity index (χ2n) is 4.67. The lowest BCUT2D eigenvalue weighted by Gasteiger charge is -2.06. The number of hydrazone groups is 1. The molecule has 1 N–H and O–H groups in total. The lowest BCUT2D eigenvalue weighted by molar-refractivity contribution is -0.123. The maximum absolute atomic E-state index is 11.7. The number of ether oxygens (including phenoxy) is 1. The summed E-state index contributed by atoms with van der Waals surface area (Å²) in [6.07, 6.45) is 0. The minimum absolute atomic E-state index is 0.152. The SMILES string of the molecule is C/C(=N/NC(=O)COc1ccc(C#N)cc1)c1cccc(Br)c1. The molecule has 23 heavy (non-hydrogen) atoms. The minimum atomic E-state index is -0.358. The monoisotopic (exact) mass is 371 g/mol. The molecule has 2 rings (SSSR count). The van der Waals surface area contributed by atoms with Crippen molar-refractivity contribution >= 4 is 27.5 Å². The van der Waals surface area contributed by atoms with Crippen LogP contribution in [0.5, 0.6) is 5.75 Å². The molecule has 1 amide bonds. The molecular formula is C17H14BrN3O2. The van der Waals surface area contributed by atoms with Crippen LogP contribution in [0.4, 0.5) is 0 Å². The van der Waals surface area contributed by atoms with Crippen molar-refractivity contribution in [1.29, 1.82) is 5.26 Å². The molecule has 0 fully saturated rings. The second-order valence-corrected chi connectivity index (χ2v) is 5.58. The zero-order valence-corrected chi connectivity index (χ0v) is 14.0. The van der Waals surface area contributed by atoms with Gasteiger partial charge in [0.15, 0.2) is 6.61 Å². The van der Waals surface area contributed by atoms with Crippen molar-refractivity contribution < 1.29 is 9.53 Å². The molecule has 6 heteroatoms. The van der Waals surface area contributed by atoms with Crippen molar-refractivity contribution in [3.8, 4) is 11.8 Å². The fourth-order valence-corrected chi connectivity index (χ4v) is 2.13. The summed E-state index contributed by atoms with van der Waals surface area (Å²) in [5, 5.41) is 12.8. The van der Waals surface area contributed by atoms with Gasteiger partial charge in [0.05, 0.1) is 17.3 Å². The van der Waals surface area contributed by atoms with E-state index in [0.717, 1.165) is 10.0 Å². The van der Waals surface area contributed by atoms with Crippen LogP contribution in [0.25, 0.3) is 0 Å². The molecule has 116 valence electrons. The van der Waals surface area contributed by atoms with Crippen LogP contribution in [-0.2, 0) is 4.79 Å². The molecule has 0 heterocycles. The Morgan fingerprint density at radius 3 is 2.70 bits per heavy atom. The lowest BCUT2D eigenvalue weighted by atomic mass is 10.1. The Balaban J connectivity index is 1.87. The van der Waals surface area contributed by atoms with E-state index >= 15 is 0 Å². The Hall–Kier alpha value is -2.65. The number of halogens is 1. The average Bonchev–Trinajstić information content (AvgIpc) is 2.58. The number of carbonyl (C=O) groups excluding carboxylic acids is 1. The molecule has 0 aliphatic rings. The molecule has 2 aromatic rings. The van der Waals surface area contributed by atoms with Gasteiger partial charge in [-0.1, -0.05) is 28.1 Å². The van der Waals surface area contributed by atoms with Crippen LogP contribution in [0.15, 0.2) is 58.1 Å². The van der Waals surface area contributed by atoms with E-state index in [4.69, 9.17) is 10.00 Å². The number of amides is 1. The largest absolute Gasteiger partial charge is 0.484 e. The zero-order chi connectivity index (χ0) is 16.7. The molecule has 0 unspecified atom stereocenters. The molecule has 5 nitrogen and oxygen atoms in total. The van der Waals surface area contributed by atoms with Gasteiger partial charge in [0, 0.05) is 4.47 Å². The number of hydrogen-bond donors (Lipinski definition) is 1. The van der Waals surface area contributed by atoms with Crippen LogP contribution in [-0.4, -0.2) is 18.2 Å². The fourth-order valence-electron chi connectivity index (χ4n) is 1.73. The van der Waals surface area contributed by atoms with Crippen LogP contribution in [0.2, 0.25) is 0 Å². The highest BCUT2D eigenvalue weighted by Crippen LogP contribution is 2.12. The van der Waals surface area contributed by atoms with Gasteiger partial charge in [-0.05, 0) is 48.9 Å². The van der Waals surface area contributed by atoms with Crippen molar-refractivity contribution in [3.63, 3.8) is 0 Å². The molecule has 0 aliphatic carbocycles. The van der Waals surface area contributed by atoms with Gasteiger partial charge in [0.25, 0.3) is 5.91 Å². The standard InChI is InChI=1S/C17H14BrN3O2/c1-12(14-3-2-4-15(18)9-14)20-21-17(22)11-23-16-7-5-13(10-19)6-8-16/h2-9H,11H2,1H3,(H,21,22)/b20-12-. The van der Waals surface area contributed by atoms with Gasteiger partial charge >= 0.3 is 0 Å². The van der Waals surface area contributed by atoms with Crippen LogP contribution in [0.3, 0.4) is 0 Å². The first kappa shape index (κ1) is 16.7. The molecule has 0 spiro atoms. The highest BCUT2D eigenvalue weighted by atomic mass is 79.9. The maximum Gasteiger partial charge on any atom is 0.277 e. The second kappa shape index (κ2) is 8.11. The molecule has 0 bridgehead atoms. The Labute approximate surface area is 142 Å². The quantitative estimate of drug-likeness (QED) is 0.647. The molecule has 0 aliphatic heterocycles. The van der Waals surface area contributed by atoms with Gasteiger partial charge in [0.1, 0.15) is 5.75 Å². The number of benzene rings is 2. The van der Waals surface area contributed by atoms with Gasteiger partial charge in [-0.2, -0.15) is 10.4 Å². The Kier molecular flexibility index (Phi) is 5.89. The minimum Gasteiger partial charge on any atom is -0.484 e. The number of nitrogens with one attached hydrogen (secondary N) is 1. The average molecular weight is 372 g/mol. The number of nitrogens with zero attached hydrogens (tertiary/aromatic N) is 2. The van der Waals surface area contributed by atoms with Crippen LogP contribution >= 0.6 is 15.9 Å². The van der Waals surface area contributed by atoms with Crippen LogP contribution in [0, 0.1) is 11.3 Å². The summed E-state index contributed by atoms with van der Waals surface area (Å²) < 4.78 is 6.27. The van der Waals surface area contributed by atoms with E-state index in [-0.39, 0.29) is 12.5 Å². The van der Waals surface area contributed by atoms with Gasteiger partial charge in [-0.15, -0.1) is 0 Å².